The summed E-state index contributed by atoms with van der Waals surface area (Å²) in [5, 5.41) is 3.49. The molecule has 1 aromatic rings. The van der Waals surface area contributed by atoms with Crippen molar-refractivity contribution in [2.24, 2.45) is 5.92 Å². The van der Waals surface area contributed by atoms with E-state index in [0.717, 1.165) is 25.9 Å². The van der Waals surface area contributed by atoms with Crippen LogP contribution in [0.25, 0.3) is 0 Å². The van der Waals surface area contributed by atoms with Crippen molar-refractivity contribution in [3.8, 4) is 0 Å². The highest BCUT2D eigenvalue weighted by Gasteiger charge is 2.15. The quantitative estimate of drug-likeness (QED) is 0.781. The summed E-state index contributed by atoms with van der Waals surface area (Å²) in [6.07, 6.45) is 2.05. The Bertz CT molecular complexity index is 451. The highest BCUT2D eigenvalue weighted by Crippen LogP contribution is 2.17. The third-order valence-electron chi connectivity index (χ3n) is 3.23. The van der Waals surface area contributed by atoms with E-state index >= 15 is 0 Å². The van der Waals surface area contributed by atoms with Gasteiger partial charge >= 0.3 is 0 Å². The first-order chi connectivity index (χ1) is 9.47. The largest absolute Gasteiger partial charge is 0.370 e. The average Bonchev–Trinajstić information content (AvgIpc) is 2.43. The summed E-state index contributed by atoms with van der Waals surface area (Å²) < 4.78 is 0. The number of anilines is 1. The second-order valence-electron chi connectivity index (χ2n) is 5.19. The topological polar surface area (TPSA) is 45.2 Å². The first-order valence-electron chi connectivity index (χ1n) is 7.14. The minimum Gasteiger partial charge on any atom is -0.370 e. The number of pyridine rings is 1. The van der Waals surface area contributed by atoms with Crippen molar-refractivity contribution < 1.29 is 4.79 Å². The Kier molecular flexibility index (Phi) is 6.79. The number of aromatic nitrogens is 1. The molecule has 0 aromatic carbocycles. The van der Waals surface area contributed by atoms with Crippen LogP contribution >= 0.6 is 11.6 Å². The number of amides is 1. The maximum absolute atomic E-state index is 12.4. The van der Waals surface area contributed by atoms with Gasteiger partial charge in [-0.3, -0.25) is 4.79 Å². The maximum atomic E-state index is 12.4. The molecule has 0 aliphatic rings. The van der Waals surface area contributed by atoms with Crippen molar-refractivity contribution in [2.45, 2.75) is 33.6 Å². The SMILES string of the molecule is CCCNc1cc(C(=O)N(C)CC(C)CC)cc(Cl)n1. The molecule has 0 radical (unpaired) electrons. The number of halogens is 1. The van der Waals surface area contributed by atoms with E-state index in [9.17, 15) is 4.79 Å². The summed E-state index contributed by atoms with van der Waals surface area (Å²) in [6.45, 7) is 7.89. The smallest absolute Gasteiger partial charge is 0.253 e. The van der Waals surface area contributed by atoms with Gasteiger partial charge in [0.25, 0.3) is 5.91 Å². The van der Waals surface area contributed by atoms with Gasteiger partial charge in [0.1, 0.15) is 11.0 Å². The normalized spacial score (nSPS) is 12.1. The number of hydrogen-bond acceptors (Lipinski definition) is 3. The lowest BCUT2D eigenvalue weighted by Crippen LogP contribution is -2.31. The van der Waals surface area contributed by atoms with Gasteiger partial charge in [0.15, 0.2) is 0 Å². The van der Waals surface area contributed by atoms with Crippen molar-refractivity contribution in [3.05, 3.63) is 22.8 Å². The number of carbonyl (C=O) groups is 1. The fraction of sp³-hybridized carbons (Fsp3) is 0.600. The second kappa shape index (κ2) is 8.10. The van der Waals surface area contributed by atoms with Gasteiger partial charge in [-0.1, -0.05) is 38.8 Å². The Morgan fingerprint density at radius 1 is 1.45 bits per heavy atom. The van der Waals surface area contributed by atoms with Gasteiger partial charge in [-0.05, 0) is 24.5 Å². The van der Waals surface area contributed by atoms with E-state index in [1.54, 1.807) is 17.0 Å². The first-order valence-corrected chi connectivity index (χ1v) is 7.52. The van der Waals surface area contributed by atoms with Crippen molar-refractivity contribution in [1.82, 2.24) is 9.88 Å². The van der Waals surface area contributed by atoms with E-state index in [4.69, 9.17) is 11.6 Å². The lowest BCUT2D eigenvalue weighted by atomic mass is 10.1. The van der Waals surface area contributed by atoms with Crippen molar-refractivity contribution >= 4 is 23.3 Å². The lowest BCUT2D eigenvalue weighted by Gasteiger charge is -2.21. The van der Waals surface area contributed by atoms with Crippen LogP contribution in [0, 0.1) is 5.92 Å². The Hall–Kier alpha value is -1.29. The van der Waals surface area contributed by atoms with Crippen LogP contribution in [0.3, 0.4) is 0 Å². The molecule has 1 atom stereocenters. The van der Waals surface area contributed by atoms with Crippen molar-refractivity contribution in [1.29, 1.82) is 0 Å². The fourth-order valence-electron chi connectivity index (χ4n) is 1.86. The van der Waals surface area contributed by atoms with Crippen LogP contribution in [-0.2, 0) is 0 Å². The van der Waals surface area contributed by atoms with Gasteiger partial charge in [-0.15, -0.1) is 0 Å². The minimum absolute atomic E-state index is 0.0193. The molecule has 0 aliphatic heterocycles. The minimum atomic E-state index is -0.0193. The van der Waals surface area contributed by atoms with Crippen LogP contribution in [0.15, 0.2) is 12.1 Å². The number of carbonyl (C=O) groups excluding carboxylic acids is 1. The summed E-state index contributed by atoms with van der Waals surface area (Å²) in [6, 6.07) is 3.38. The predicted octanol–water partition coefficient (Wildman–Crippen LogP) is 3.68. The number of rotatable bonds is 7. The van der Waals surface area contributed by atoms with Crippen LogP contribution in [0.4, 0.5) is 5.82 Å². The first kappa shape index (κ1) is 16.8. The Labute approximate surface area is 126 Å². The Morgan fingerprint density at radius 2 is 2.15 bits per heavy atom. The highest BCUT2D eigenvalue weighted by molar-refractivity contribution is 6.29. The standard InChI is InChI=1S/C15H24ClN3O/c1-5-7-17-14-9-12(8-13(16)18-14)15(20)19(4)10-11(3)6-2/h8-9,11H,5-7,10H2,1-4H3,(H,17,18). The molecular formula is C15H24ClN3O. The fourth-order valence-corrected chi connectivity index (χ4v) is 2.07. The van der Waals surface area contributed by atoms with E-state index in [2.05, 4.69) is 31.1 Å². The number of hydrogen-bond donors (Lipinski definition) is 1. The summed E-state index contributed by atoms with van der Waals surface area (Å²) in [7, 11) is 1.82. The van der Waals surface area contributed by atoms with Crippen LogP contribution in [0.5, 0.6) is 0 Å². The van der Waals surface area contributed by atoms with Crippen LogP contribution in [-0.4, -0.2) is 35.9 Å². The Morgan fingerprint density at radius 3 is 2.75 bits per heavy atom. The zero-order valence-electron chi connectivity index (χ0n) is 12.7. The number of nitrogens with one attached hydrogen (secondary N) is 1. The van der Waals surface area contributed by atoms with E-state index in [-0.39, 0.29) is 5.91 Å². The molecule has 0 saturated carbocycles. The van der Waals surface area contributed by atoms with Gasteiger partial charge in [0, 0.05) is 25.7 Å². The molecule has 1 rings (SSSR count). The molecule has 1 amide bonds. The summed E-state index contributed by atoms with van der Waals surface area (Å²) in [5.41, 5.74) is 0.578. The van der Waals surface area contributed by atoms with E-state index in [1.165, 1.54) is 0 Å². The van der Waals surface area contributed by atoms with Crippen molar-refractivity contribution in [2.75, 3.05) is 25.5 Å². The second-order valence-corrected chi connectivity index (χ2v) is 5.58. The molecule has 1 heterocycles. The van der Waals surface area contributed by atoms with Crippen LogP contribution < -0.4 is 5.32 Å². The van der Waals surface area contributed by atoms with Gasteiger partial charge in [0.2, 0.25) is 0 Å². The number of nitrogens with zero attached hydrogens (tertiary/aromatic N) is 2. The molecule has 0 aliphatic carbocycles. The summed E-state index contributed by atoms with van der Waals surface area (Å²) in [4.78, 5) is 18.3. The Balaban J connectivity index is 2.83. The van der Waals surface area contributed by atoms with Gasteiger partial charge in [-0.2, -0.15) is 0 Å². The van der Waals surface area contributed by atoms with Gasteiger partial charge in [-0.25, -0.2) is 4.98 Å². The van der Waals surface area contributed by atoms with Crippen LogP contribution in [0.2, 0.25) is 5.15 Å². The molecule has 0 fully saturated rings. The summed E-state index contributed by atoms with van der Waals surface area (Å²) >= 11 is 5.99. The third-order valence-corrected chi connectivity index (χ3v) is 3.42. The van der Waals surface area contributed by atoms with Gasteiger partial charge in [0.05, 0.1) is 0 Å². The van der Waals surface area contributed by atoms with Crippen LogP contribution in [0.1, 0.15) is 44.0 Å². The van der Waals surface area contributed by atoms with E-state index < -0.39 is 0 Å². The molecule has 20 heavy (non-hydrogen) atoms. The molecule has 112 valence electrons. The third kappa shape index (κ3) is 5.00. The maximum Gasteiger partial charge on any atom is 0.253 e. The molecular weight excluding hydrogens is 274 g/mol. The molecule has 1 aromatic heterocycles. The predicted molar refractivity (Wildman–Crippen MR) is 84.4 cm³/mol. The molecule has 4 nitrogen and oxygen atoms in total. The van der Waals surface area contributed by atoms with E-state index in [1.807, 2.05) is 7.05 Å². The van der Waals surface area contributed by atoms with Crippen molar-refractivity contribution in [3.63, 3.8) is 0 Å². The molecule has 1 unspecified atom stereocenters. The van der Waals surface area contributed by atoms with Gasteiger partial charge < -0.3 is 10.2 Å². The van der Waals surface area contributed by atoms with E-state index in [0.29, 0.717) is 22.5 Å². The highest BCUT2D eigenvalue weighted by atomic mass is 35.5. The zero-order valence-corrected chi connectivity index (χ0v) is 13.5. The lowest BCUT2D eigenvalue weighted by molar-refractivity contribution is 0.0775. The zero-order chi connectivity index (χ0) is 15.1. The molecule has 0 bridgehead atoms. The molecule has 0 saturated heterocycles. The molecule has 0 spiro atoms. The average molecular weight is 298 g/mol. The molecule has 1 N–H and O–H groups in total. The summed E-state index contributed by atoms with van der Waals surface area (Å²) in [5.74, 6) is 1.12. The monoisotopic (exact) mass is 297 g/mol. The molecule has 5 heteroatoms.